The molecule has 0 atom stereocenters. The largest absolute Gasteiger partial charge is 0.368 e. The summed E-state index contributed by atoms with van der Waals surface area (Å²) in [7, 11) is 0. The van der Waals surface area contributed by atoms with Crippen LogP contribution in [0.25, 0.3) is 5.69 Å². The highest BCUT2D eigenvalue weighted by molar-refractivity contribution is 5.92. The smallest absolute Gasteiger partial charge is 0.276 e. The van der Waals surface area contributed by atoms with Crippen LogP contribution in [0.5, 0.6) is 0 Å². The zero-order valence-corrected chi connectivity index (χ0v) is 14.7. The minimum Gasteiger partial charge on any atom is -0.368 e. The van der Waals surface area contributed by atoms with Gasteiger partial charge >= 0.3 is 0 Å². The lowest BCUT2D eigenvalue weighted by molar-refractivity contribution is 0.0740. The van der Waals surface area contributed by atoms with Gasteiger partial charge < -0.3 is 9.80 Å². The maximum atomic E-state index is 12.7. The van der Waals surface area contributed by atoms with Gasteiger partial charge in [-0.2, -0.15) is 0 Å². The van der Waals surface area contributed by atoms with E-state index in [1.807, 2.05) is 35.2 Å². The molecule has 1 fully saturated rings. The highest BCUT2D eigenvalue weighted by Crippen LogP contribution is 2.18. The van der Waals surface area contributed by atoms with E-state index in [1.165, 1.54) is 11.3 Å². The van der Waals surface area contributed by atoms with Crippen LogP contribution in [0.2, 0.25) is 0 Å². The molecule has 0 unspecified atom stereocenters. The number of piperazine rings is 1. The molecular weight excluding hydrogens is 326 g/mol. The normalized spacial score (nSPS) is 14.5. The molecule has 6 nitrogen and oxygen atoms in total. The number of carbonyl (C=O) groups is 1. The Labute approximate surface area is 152 Å². The predicted molar refractivity (Wildman–Crippen MR) is 101 cm³/mol. The lowest BCUT2D eigenvalue weighted by atomic mass is 10.2. The van der Waals surface area contributed by atoms with Crippen LogP contribution < -0.4 is 4.90 Å². The van der Waals surface area contributed by atoms with Gasteiger partial charge in [0.25, 0.3) is 5.91 Å². The standard InChI is InChI=1S/C20H21N5O/c1-16-6-5-9-18(14-16)23-10-12-24(13-11-23)20(26)19-15-25(22-21-19)17-7-3-2-4-8-17/h2-9,14-15H,10-13H2,1H3. The van der Waals surface area contributed by atoms with Crippen molar-refractivity contribution >= 4 is 11.6 Å². The molecular formula is C20H21N5O. The second kappa shape index (κ2) is 7.00. The summed E-state index contributed by atoms with van der Waals surface area (Å²) in [6, 6.07) is 18.2. The highest BCUT2D eigenvalue weighted by atomic mass is 16.2. The fourth-order valence-electron chi connectivity index (χ4n) is 3.22. The maximum absolute atomic E-state index is 12.7. The molecule has 3 aromatic rings. The Bertz CT molecular complexity index is 897. The number of rotatable bonds is 3. The summed E-state index contributed by atoms with van der Waals surface area (Å²) >= 11 is 0. The molecule has 0 radical (unpaired) electrons. The first-order valence-corrected chi connectivity index (χ1v) is 8.79. The summed E-state index contributed by atoms with van der Waals surface area (Å²) in [5, 5.41) is 8.15. The number of hydrogen-bond donors (Lipinski definition) is 0. The first-order valence-electron chi connectivity index (χ1n) is 8.79. The van der Waals surface area contributed by atoms with Crippen LogP contribution in [-0.4, -0.2) is 52.0 Å². The molecule has 2 aromatic carbocycles. The molecule has 0 N–H and O–H groups in total. The van der Waals surface area contributed by atoms with E-state index in [2.05, 4.69) is 46.4 Å². The van der Waals surface area contributed by atoms with E-state index in [0.29, 0.717) is 18.8 Å². The Balaban J connectivity index is 1.42. The van der Waals surface area contributed by atoms with Crippen molar-refractivity contribution in [3.63, 3.8) is 0 Å². The lowest BCUT2D eigenvalue weighted by Crippen LogP contribution is -2.48. The third-order valence-electron chi connectivity index (χ3n) is 4.67. The van der Waals surface area contributed by atoms with Crippen LogP contribution >= 0.6 is 0 Å². The number of para-hydroxylation sites is 1. The summed E-state index contributed by atoms with van der Waals surface area (Å²) < 4.78 is 1.64. The highest BCUT2D eigenvalue weighted by Gasteiger charge is 2.24. The molecule has 1 saturated heterocycles. The molecule has 2 heterocycles. The summed E-state index contributed by atoms with van der Waals surface area (Å²) in [6.45, 7) is 5.11. The molecule has 0 bridgehead atoms. The maximum Gasteiger partial charge on any atom is 0.276 e. The van der Waals surface area contributed by atoms with Crippen molar-refractivity contribution in [2.24, 2.45) is 0 Å². The Hall–Kier alpha value is -3.15. The zero-order valence-electron chi connectivity index (χ0n) is 14.7. The summed E-state index contributed by atoms with van der Waals surface area (Å²) in [4.78, 5) is 16.9. The molecule has 0 spiro atoms. The SMILES string of the molecule is Cc1cccc(N2CCN(C(=O)c3cn(-c4ccccc4)nn3)CC2)c1. The molecule has 1 aromatic heterocycles. The van der Waals surface area contributed by atoms with Crippen LogP contribution in [0.4, 0.5) is 5.69 Å². The van der Waals surface area contributed by atoms with Crippen molar-refractivity contribution in [3.05, 3.63) is 72.1 Å². The van der Waals surface area contributed by atoms with Gasteiger partial charge in [-0.3, -0.25) is 4.79 Å². The number of carbonyl (C=O) groups excluding carboxylic acids is 1. The molecule has 6 heteroatoms. The van der Waals surface area contributed by atoms with Gasteiger partial charge in [-0.15, -0.1) is 5.10 Å². The van der Waals surface area contributed by atoms with E-state index in [1.54, 1.807) is 10.9 Å². The fourth-order valence-corrected chi connectivity index (χ4v) is 3.22. The van der Waals surface area contributed by atoms with E-state index in [0.717, 1.165) is 18.8 Å². The summed E-state index contributed by atoms with van der Waals surface area (Å²) in [5.41, 5.74) is 3.74. The van der Waals surface area contributed by atoms with Gasteiger partial charge in [0.1, 0.15) is 0 Å². The van der Waals surface area contributed by atoms with Gasteiger partial charge in [0, 0.05) is 31.9 Å². The Morgan fingerprint density at radius 3 is 2.38 bits per heavy atom. The number of anilines is 1. The van der Waals surface area contributed by atoms with E-state index < -0.39 is 0 Å². The van der Waals surface area contributed by atoms with E-state index in [4.69, 9.17) is 0 Å². The molecule has 1 aliphatic heterocycles. The molecule has 1 amide bonds. The predicted octanol–water partition coefficient (Wildman–Crippen LogP) is 2.54. The number of nitrogens with zero attached hydrogens (tertiary/aromatic N) is 5. The third-order valence-corrected chi connectivity index (χ3v) is 4.67. The molecule has 0 aliphatic carbocycles. The lowest BCUT2D eigenvalue weighted by Gasteiger charge is -2.35. The van der Waals surface area contributed by atoms with Crippen molar-refractivity contribution in [1.82, 2.24) is 19.9 Å². The van der Waals surface area contributed by atoms with Crippen LogP contribution in [0.3, 0.4) is 0 Å². The van der Waals surface area contributed by atoms with Crippen molar-refractivity contribution in [1.29, 1.82) is 0 Å². The third kappa shape index (κ3) is 3.31. The monoisotopic (exact) mass is 347 g/mol. The molecule has 4 rings (SSSR count). The van der Waals surface area contributed by atoms with Gasteiger partial charge in [0.2, 0.25) is 0 Å². The quantitative estimate of drug-likeness (QED) is 0.731. The molecule has 26 heavy (non-hydrogen) atoms. The van der Waals surface area contributed by atoms with E-state index >= 15 is 0 Å². The number of aromatic nitrogens is 3. The van der Waals surface area contributed by atoms with E-state index in [-0.39, 0.29) is 5.91 Å². The minimum absolute atomic E-state index is 0.0592. The van der Waals surface area contributed by atoms with Gasteiger partial charge in [0.05, 0.1) is 11.9 Å². The first-order chi connectivity index (χ1) is 12.7. The van der Waals surface area contributed by atoms with E-state index in [9.17, 15) is 4.79 Å². The average Bonchev–Trinajstić information content (AvgIpc) is 3.18. The topological polar surface area (TPSA) is 54.3 Å². The summed E-state index contributed by atoms with van der Waals surface area (Å²) in [5.74, 6) is -0.0592. The zero-order chi connectivity index (χ0) is 17.9. The number of amides is 1. The van der Waals surface area contributed by atoms with Crippen molar-refractivity contribution in [2.45, 2.75) is 6.92 Å². The van der Waals surface area contributed by atoms with Crippen molar-refractivity contribution in [2.75, 3.05) is 31.1 Å². The first kappa shape index (κ1) is 16.3. The fraction of sp³-hybridized carbons (Fsp3) is 0.250. The van der Waals surface area contributed by atoms with Gasteiger partial charge in [-0.05, 0) is 36.8 Å². The van der Waals surface area contributed by atoms with Gasteiger partial charge in [0.15, 0.2) is 5.69 Å². The second-order valence-corrected chi connectivity index (χ2v) is 6.50. The van der Waals surface area contributed by atoms with Crippen LogP contribution in [0.15, 0.2) is 60.8 Å². The number of aryl methyl sites for hydroxylation is 1. The minimum atomic E-state index is -0.0592. The number of hydrogen-bond acceptors (Lipinski definition) is 4. The number of benzene rings is 2. The Morgan fingerprint density at radius 1 is 0.923 bits per heavy atom. The summed E-state index contributed by atoms with van der Waals surface area (Å²) in [6.07, 6.45) is 1.70. The average molecular weight is 347 g/mol. The van der Waals surface area contributed by atoms with Crippen molar-refractivity contribution in [3.8, 4) is 5.69 Å². The Morgan fingerprint density at radius 2 is 1.65 bits per heavy atom. The Kier molecular flexibility index (Phi) is 4.39. The van der Waals surface area contributed by atoms with Gasteiger partial charge in [-0.1, -0.05) is 35.5 Å². The van der Waals surface area contributed by atoms with Crippen LogP contribution in [0, 0.1) is 6.92 Å². The molecule has 132 valence electrons. The second-order valence-electron chi connectivity index (χ2n) is 6.50. The molecule has 1 aliphatic rings. The van der Waals surface area contributed by atoms with Crippen molar-refractivity contribution < 1.29 is 4.79 Å². The van der Waals surface area contributed by atoms with Gasteiger partial charge in [-0.25, -0.2) is 4.68 Å². The molecule has 0 saturated carbocycles. The van der Waals surface area contributed by atoms with Crippen LogP contribution in [0.1, 0.15) is 16.1 Å². The van der Waals surface area contributed by atoms with Crippen LogP contribution in [-0.2, 0) is 0 Å².